The van der Waals surface area contributed by atoms with Crippen LogP contribution in [0.15, 0.2) is 17.6 Å². The van der Waals surface area contributed by atoms with Gasteiger partial charge in [-0.15, -0.1) is 30.6 Å². The minimum absolute atomic E-state index is 0. The van der Waals surface area contributed by atoms with Crippen LogP contribution in [0.3, 0.4) is 0 Å². The summed E-state index contributed by atoms with van der Waals surface area (Å²) in [5.41, 5.74) is 0. The van der Waals surface area contributed by atoms with E-state index in [0.29, 0.717) is 6.42 Å². The van der Waals surface area contributed by atoms with Crippen molar-refractivity contribution in [2.75, 3.05) is 27.2 Å². The van der Waals surface area contributed by atoms with Gasteiger partial charge in [-0.2, -0.15) is 0 Å². The maximum Gasteiger partial charge on any atom is 0.306 e. The molecule has 0 atom stereocenters. The second kappa shape index (κ2) is 13.6. The molecule has 134 valence electrons. The Balaban J connectivity index is 0.00000484. The van der Waals surface area contributed by atoms with Crippen molar-refractivity contribution < 1.29 is 9.53 Å². The van der Waals surface area contributed by atoms with Crippen LogP contribution in [-0.2, 0) is 9.53 Å². The first-order chi connectivity index (χ1) is 10.7. The first-order valence-electron chi connectivity index (χ1n) is 8.39. The molecule has 1 rings (SSSR count). The Labute approximate surface area is 158 Å². The van der Waals surface area contributed by atoms with E-state index in [4.69, 9.17) is 4.74 Å². The summed E-state index contributed by atoms with van der Waals surface area (Å²) >= 11 is 0. The molecule has 1 fully saturated rings. The van der Waals surface area contributed by atoms with Gasteiger partial charge in [-0.3, -0.25) is 9.79 Å². The largest absolute Gasteiger partial charge is 0.462 e. The molecule has 1 saturated carbocycles. The maximum absolute atomic E-state index is 11.7. The van der Waals surface area contributed by atoms with E-state index in [1.807, 2.05) is 13.1 Å². The summed E-state index contributed by atoms with van der Waals surface area (Å²) in [5, 5.41) is 3.29. The van der Waals surface area contributed by atoms with E-state index in [1.54, 1.807) is 7.05 Å². The van der Waals surface area contributed by atoms with Crippen LogP contribution in [0.2, 0.25) is 0 Å². The molecule has 23 heavy (non-hydrogen) atoms. The number of guanidine groups is 1. The zero-order valence-electron chi connectivity index (χ0n) is 14.6. The Bertz CT molecular complexity index is 369. The Morgan fingerprint density at radius 3 is 2.70 bits per heavy atom. The Hall–Kier alpha value is -0.790. The third-order valence-corrected chi connectivity index (χ3v) is 3.92. The molecule has 0 saturated heterocycles. The lowest BCUT2D eigenvalue weighted by molar-refractivity contribution is -0.148. The van der Waals surface area contributed by atoms with Crippen LogP contribution < -0.4 is 5.32 Å². The summed E-state index contributed by atoms with van der Waals surface area (Å²) in [4.78, 5) is 18.1. The fraction of sp³-hybridized carbons (Fsp3) is 0.765. The van der Waals surface area contributed by atoms with Crippen molar-refractivity contribution in [2.24, 2.45) is 4.99 Å². The van der Waals surface area contributed by atoms with Crippen molar-refractivity contribution in [1.29, 1.82) is 0 Å². The zero-order valence-corrected chi connectivity index (χ0v) is 16.9. The second-order valence-corrected chi connectivity index (χ2v) is 5.83. The van der Waals surface area contributed by atoms with Crippen LogP contribution in [0, 0.1) is 0 Å². The van der Waals surface area contributed by atoms with Crippen molar-refractivity contribution in [2.45, 2.75) is 57.5 Å². The monoisotopic (exact) mass is 437 g/mol. The van der Waals surface area contributed by atoms with E-state index in [2.05, 4.69) is 21.8 Å². The molecule has 0 heterocycles. The van der Waals surface area contributed by atoms with Crippen molar-refractivity contribution >= 4 is 35.9 Å². The number of carbonyl (C=O) groups excluding carboxylic acids is 1. The third-order valence-electron chi connectivity index (χ3n) is 3.92. The van der Waals surface area contributed by atoms with Crippen molar-refractivity contribution in [3.05, 3.63) is 12.7 Å². The van der Waals surface area contributed by atoms with Crippen LogP contribution in [0.1, 0.15) is 51.4 Å². The van der Waals surface area contributed by atoms with Crippen molar-refractivity contribution in [3.63, 3.8) is 0 Å². The third kappa shape index (κ3) is 9.84. The number of nitrogens with zero attached hydrogens (tertiary/aromatic N) is 2. The first-order valence-corrected chi connectivity index (χ1v) is 8.39. The standard InChI is InChI=1S/C17H31N3O2.HI/c1-4-5-8-14-20(3)17(18-2)19-13-9-12-16(21)22-15-10-6-7-11-15;/h4,15H,1,5-14H2,2-3H3,(H,18,19);1H. The Morgan fingerprint density at radius 1 is 1.39 bits per heavy atom. The molecular weight excluding hydrogens is 405 g/mol. The maximum atomic E-state index is 11.7. The van der Waals surface area contributed by atoms with Crippen molar-refractivity contribution in [3.8, 4) is 0 Å². The summed E-state index contributed by atoms with van der Waals surface area (Å²) in [6, 6.07) is 0. The fourth-order valence-corrected chi connectivity index (χ4v) is 2.65. The summed E-state index contributed by atoms with van der Waals surface area (Å²) in [6.45, 7) is 5.40. The minimum Gasteiger partial charge on any atom is -0.462 e. The first kappa shape index (κ1) is 22.2. The number of halogens is 1. The molecule has 0 bridgehead atoms. The van der Waals surface area contributed by atoms with Gasteiger partial charge in [0.1, 0.15) is 6.10 Å². The van der Waals surface area contributed by atoms with Gasteiger partial charge in [-0.25, -0.2) is 0 Å². The van der Waals surface area contributed by atoms with Gasteiger partial charge in [-0.1, -0.05) is 6.08 Å². The van der Waals surface area contributed by atoms with Gasteiger partial charge in [0.25, 0.3) is 0 Å². The highest BCUT2D eigenvalue weighted by molar-refractivity contribution is 14.0. The highest BCUT2D eigenvalue weighted by Crippen LogP contribution is 2.21. The van der Waals surface area contributed by atoms with Gasteiger partial charge >= 0.3 is 5.97 Å². The number of ether oxygens (including phenoxy) is 1. The lowest BCUT2D eigenvalue weighted by Crippen LogP contribution is -2.39. The van der Waals surface area contributed by atoms with Gasteiger partial charge < -0.3 is 15.0 Å². The number of unbranched alkanes of at least 4 members (excludes halogenated alkanes) is 1. The fourth-order valence-electron chi connectivity index (χ4n) is 2.65. The molecule has 5 nitrogen and oxygen atoms in total. The molecule has 0 aromatic rings. The molecule has 0 radical (unpaired) electrons. The van der Waals surface area contributed by atoms with Crippen LogP contribution in [0.4, 0.5) is 0 Å². The number of hydrogen-bond acceptors (Lipinski definition) is 3. The molecule has 1 aliphatic carbocycles. The summed E-state index contributed by atoms with van der Waals surface area (Å²) < 4.78 is 5.44. The Morgan fingerprint density at radius 2 is 2.09 bits per heavy atom. The SMILES string of the molecule is C=CCCCN(C)C(=NC)NCCCC(=O)OC1CCCC1.I. The molecule has 6 heteroatoms. The highest BCUT2D eigenvalue weighted by atomic mass is 127. The topological polar surface area (TPSA) is 53.9 Å². The van der Waals surface area contributed by atoms with E-state index in [9.17, 15) is 4.79 Å². The van der Waals surface area contributed by atoms with E-state index < -0.39 is 0 Å². The van der Waals surface area contributed by atoms with Gasteiger partial charge in [0.15, 0.2) is 5.96 Å². The molecule has 0 unspecified atom stereocenters. The van der Waals surface area contributed by atoms with Crippen LogP contribution >= 0.6 is 24.0 Å². The predicted molar refractivity (Wildman–Crippen MR) is 106 cm³/mol. The molecule has 0 aliphatic heterocycles. The molecule has 1 aliphatic rings. The van der Waals surface area contributed by atoms with Gasteiger partial charge in [-0.05, 0) is 44.9 Å². The van der Waals surface area contributed by atoms with E-state index in [0.717, 1.165) is 51.2 Å². The normalized spacial score (nSPS) is 15.0. The van der Waals surface area contributed by atoms with Gasteiger partial charge in [0.05, 0.1) is 0 Å². The molecular formula is C17H32IN3O2. The molecule has 0 amide bonds. The summed E-state index contributed by atoms with van der Waals surface area (Å²) in [5.74, 6) is 0.802. The molecule has 0 spiro atoms. The van der Waals surface area contributed by atoms with Gasteiger partial charge in [0.2, 0.25) is 0 Å². The summed E-state index contributed by atoms with van der Waals surface area (Å²) in [7, 11) is 3.80. The van der Waals surface area contributed by atoms with Crippen LogP contribution in [0.5, 0.6) is 0 Å². The number of nitrogens with one attached hydrogen (secondary N) is 1. The molecule has 1 N–H and O–H groups in total. The van der Waals surface area contributed by atoms with E-state index in [1.165, 1.54) is 12.8 Å². The second-order valence-electron chi connectivity index (χ2n) is 5.83. The number of esters is 1. The smallest absolute Gasteiger partial charge is 0.306 e. The molecule has 0 aromatic carbocycles. The lowest BCUT2D eigenvalue weighted by Gasteiger charge is -2.21. The van der Waals surface area contributed by atoms with Crippen molar-refractivity contribution in [1.82, 2.24) is 10.2 Å². The quantitative estimate of drug-likeness (QED) is 0.150. The number of rotatable bonds is 9. The summed E-state index contributed by atoms with van der Waals surface area (Å²) in [6.07, 6.45) is 9.86. The lowest BCUT2D eigenvalue weighted by atomic mass is 10.3. The van der Waals surface area contributed by atoms with Gasteiger partial charge in [0, 0.05) is 33.6 Å². The van der Waals surface area contributed by atoms with Crippen LogP contribution in [-0.4, -0.2) is 50.1 Å². The number of hydrogen-bond donors (Lipinski definition) is 1. The number of allylic oxidation sites excluding steroid dienone is 1. The van der Waals surface area contributed by atoms with Crippen LogP contribution in [0.25, 0.3) is 0 Å². The molecule has 0 aromatic heterocycles. The average Bonchev–Trinajstić information content (AvgIpc) is 3.00. The number of carbonyl (C=O) groups is 1. The zero-order chi connectivity index (χ0) is 16.2. The van der Waals surface area contributed by atoms with E-state index >= 15 is 0 Å². The number of aliphatic imine (C=N–C) groups is 1. The minimum atomic E-state index is -0.0666. The Kier molecular flexibility index (Phi) is 13.2. The average molecular weight is 437 g/mol. The van der Waals surface area contributed by atoms with E-state index in [-0.39, 0.29) is 36.0 Å². The highest BCUT2D eigenvalue weighted by Gasteiger charge is 2.18. The predicted octanol–water partition coefficient (Wildman–Crippen LogP) is 3.34.